The lowest BCUT2D eigenvalue weighted by Crippen LogP contribution is -2.22. The number of anilines is 1. The fourth-order valence-corrected chi connectivity index (χ4v) is 2.05. The maximum atomic E-state index is 5.51. The molecule has 0 aliphatic carbocycles. The highest BCUT2D eigenvalue weighted by Gasteiger charge is 2.13. The van der Waals surface area contributed by atoms with E-state index < -0.39 is 0 Å². The van der Waals surface area contributed by atoms with E-state index in [2.05, 4.69) is 17.3 Å². The zero-order valence-corrected chi connectivity index (χ0v) is 12.0. The molecule has 1 N–H and O–H groups in total. The van der Waals surface area contributed by atoms with Gasteiger partial charge in [-0.25, -0.2) is 0 Å². The summed E-state index contributed by atoms with van der Waals surface area (Å²) < 4.78 is 10.8. The van der Waals surface area contributed by atoms with Gasteiger partial charge in [0, 0.05) is 19.2 Å². The second-order valence-electron chi connectivity index (χ2n) is 4.32. The van der Waals surface area contributed by atoms with Crippen molar-refractivity contribution in [3.05, 3.63) is 17.7 Å². The molecule has 0 radical (unpaired) electrons. The monoisotopic (exact) mass is 252 g/mol. The van der Waals surface area contributed by atoms with E-state index >= 15 is 0 Å². The minimum absolute atomic E-state index is 0.860. The van der Waals surface area contributed by atoms with Crippen LogP contribution in [-0.2, 0) is 0 Å². The molecule has 102 valence electrons. The molecule has 1 rings (SSSR count). The molecule has 0 fully saturated rings. The van der Waals surface area contributed by atoms with Crippen LogP contribution in [0.5, 0.6) is 11.5 Å². The van der Waals surface area contributed by atoms with Crippen molar-refractivity contribution >= 4 is 5.69 Å². The van der Waals surface area contributed by atoms with Crippen LogP contribution in [-0.4, -0.2) is 41.4 Å². The molecular weight excluding hydrogens is 228 g/mol. The van der Waals surface area contributed by atoms with E-state index in [1.807, 2.05) is 26.1 Å². The van der Waals surface area contributed by atoms with Crippen LogP contribution in [0.2, 0.25) is 0 Å². The van der Waals surface area contributed by atoms with E-state index in [0.29, 0.717) is 0 Å². The molecule has 1 aromatic carbocycles. The number of nitrogens with zero attached hydrogens (tertiary/aromatic N) is 1. The number of rotatable bonds is 7. The van der Waals surface area contributed by atoms with E-state index in [1.54, 1.807) is 14.2 Å². The highest BCUT2D eigenvalue weighted by Crippen LogP contribution is 2.36. The van der Waals surface area contributed by atoms with Crippen LogP contribution in [0, 0.1) is 6.92 Å². The zero-order valence-electron chi connectivity index (χ0n) is 12.0. The summed E-state index contributed by atoms with van der Waals surface area (Å²) in [6.45, 7) is 4.02. The Morgan fingerprint density at radius 3 is 2.50 bits per heavy atom. The Labute approximate surface area is 110 Å². The molecule has 0 aromatic heterocycles. The maximum Gasteiger partial charge on any atom is 0.148 e. The zero-order chi connectivity index (χ0) is 13.5. The molecule has 0 heterocycles. The van der Waals surface area contributed by atoms with Gasteiger partial charge in [-0.2, -0.15) is 0 Å². The molecule has 0 bridgehead atoms. The largest absolute Gasteiger partial charge is 0.496 e. The van der Waals surface area contributed by atoms with Crippen molar-refractivity contribution in [1.82, 2.24) is 5.32 Å². The lowest BCUT2D eigenvalue weighted by molar-refractivity contribution is 0.389. The third-order valence-corrected chi connectivity index (χ3v) is 3.09. The number of methoxy groups -OCH3 is 2. The van der Waals surface area contributed by atoms with E-state index in [9.17, 15) is 0 Å². The molecule has 0 spiro atoms. The van der Waals surface area contributed by atoms with E-state index in [1.165, 1.54) is 0 Å². The number of ether oxygens (including phenoxy) is 2. The van der Waals surface area contributed by atoms with Gasteiger partial charge in [-0.1, -0.05) is 0 Å². The van der Waals surface area contributed by atoms with E-state index in [-0.39, 0.29) is 0 Å². The average Bonchev–Trinajstić information content (AvgIpc) is 2.38. The number of nitrogens with one attached hydrogen (secondary N) is 1. The molecule has 1 aromatic rings. The van der Waals surface area contributed by atoms with Crippen molar-refractivity contribution in [3.63, 3.8) is 0 Å². The molecule has 0 amide bonds. The summed E-state index contributed by atoms with van der Waals surface area (Å²) in [5.74, 6) is 1.75. The first-order valence-electron chi connectivity index (χ1n) is 6.23. The van der Waals surface area contributed by atoms with Crippen molar-refractivity contribution in [3.8, 4) is 11.5 Å². The van der Waals surface area contributed by atoms with Crippen LogP contribution in [0.3, 0.4) is 0 Å². The highest BCUT2D eigenvalue weighted by atomic mass is 16.5. The number of hydrogen-bond acceptors (Lipinski definition) is 4. The molecule has 0 saturated carbocycles. The molecule has 0 atom stereocenters. The molecule has 0 aliphatic rings. The third-order valence-electron chi connectivity index (χ3n) is 3.09. The van der Waals surface area contributed by atoms with Gasteiger partial charge in [0.15, 0.2) is 0 Å². The van der Waals surface area contributed by atoms with Gasteiger partial charge in [0.1, 0.15) is 11.5 Å². The summed E-state index contributed by atoms with van der Waals surface area (Å²) >= 11 is 0. The van der Waals surface area contributed by atoms with Crippen LogP contribution in [0.15, 0.2) is 12.1 Å². The average molecular weight is 252 g/mol. The van der Waals surface area contributed by atoms with Crippen molar-refractivity contribution in [2.45, 2.75) is 13.3 Å². The third kappa shape index (κ3) is 3.29. The van der Waals surface area contributed by atoms with Crippen LogP contribution >= 0.6 is 0 Å². The van der Waals surface area contributed by atoms with Gasteiger partial charge in [0.2, 0.25) is 0 Å². The fraction of sp³-hybridized carbons (Fsp3) is 0.571. The Balaban J connectivity index is 2.90. The van der Waals surface area contributed by atoms with Gasteiger partial charge in [-0.3, -0.25) is 0 Å². The van der Waals surface area contributed by atoms with Gasteiger partial charge < -0.3 is 19.7 Å². The molecule has 18 heavy (non-hydrogen) atoms. The first-order chi connectivity index (χ1) is 8.65. The quantitative estimate of drug-likeness (QED) is 0.753. The summed E-state index contributed by atoms with van der Waals surface area (Å²) in [5, 5.41) is 3.15. The summed E-state index contributed by atoms with van der Waals surface area (Å²) in [6.07, 6.45) is 1.10. The lowest BCUT2D eigenvalue weighted by Gasteiger charge is -2.23. The lowest BCUT2D eigenvalue weighted by atomic mass is 10.1. The van der Waals surface area contributed by atoms with Gasteiger partial charge in [0.25, 0.3) is 0 Å². The van der Waals surface area contributed by atoms with Crippen LogP contribution in [0.4, 0.5) is 5.69 Å². The Bertz CT molecular complexity index is 380. The summed E-state index contributed by atoms with van der Waals surface area (Å²) in [5.41, 5.74) is 2.14. The second-order valence-corrected chi connectivity index (χ2v) is 4.32. The smallest absolute Gasteiger partial charge is 0.148 e. The SMILES string of the molecule is CNCCCN(C)c1ccc(OC)c(C)c1OC. The van der Waals surface area contributed by atoms with Crippen molar-refractivity contribution in [1.29, 1.82) is 0 Å². The minimum Gasteiger partial charge on any atom is -0.496 e. The Morgan fingerprint density at radius 2 is 1.94 bits per heavy atom. The standard InChI is InChI=1S/C14H24N2O2/c1-11-13(17-4)8-7-12(14(11)18-5)16(3)10-6-9-15-2/h7-8,15H,6,9-10H2,1-5H3. The maximum absolute atomic E-state index is 5.51. The summed E-state index contributed by atoms with van der Waals surface area (Å²) in [7, 11) is 7.43. The first-order valence-corrected chi connectivity index (χ1v) is 6.23. The predicted octanol–water partition coefficient (Wildman–Crippen LogP) is 2.06. The molecule has 4 heteroatoms. The van der Waals surface area contributed by atoms with Gasteiger partial charge >= 0.3 is 0 Å². The van der Waals surface area contributed by atoms with Crippen molar-refractivity contribution in [2.24, 2.45) is 0 Å². The normalized spacial score (nSPS) is 10.3. The van der Waals surface area contributed by atoms with Crippen LogP contribution in [0.1, 0.15) is 12.0 Å². The number of benzene rings is 1. The molecule has 4 nitrogen and oxygen atoms in total. The molecule has 0 saturated heterocycles. The Hall–Kier alpha value is -1.42. The van der Waals surface area contributed by atoms with Crippen LogP contribution < -0.4 is 19.7 Å². The fourth-order valence-electron chi connectivity index (χ4n) is 2.05. The summed E-state index contributed by atoms with van der Waals surface area (Å²) in [4.78, 5) is 2.21. The van der Waals surface area contributed by atoms with Crippen LogP contribution in [0.25, 0.3) is 0 Å². The second kappa shape index (κ2) is 7.11. The Kier molecular flexibility index (Phi) is 5.78. The topological polar surface area (TPSA) is 33.7 Å². The minimum atomic E-state index is 0.860. The van der Waals surface area contributed by atoms with Gasteiger partial charge in [-0.05, 0) is 39.1 Å². The van der Waals surface area contributed by atoms with E-state index in [4.69, 9.17) is 9.47 Å². The molecule has 0 aliphatic heterocycles. The number of hydrogen-bond donors (Lipinski definition) is 1. The van der Waals surface area contributed by atoms with Gasteiger partial charge in [-0.15, -0.1) is 0 Å². The molecular formula is C14H24N2O2. The van der Waals surface area contributed by atoms with Gasteiger partial charge in [0.05, 0.1) is 19.9 Å². The highest BCUT2D eigenvalue weighted by molar-refractivity contribution is 5.65. The van der Waals surface area contributed by atoms with Crippen molar-refractivity contribution < 1.29 is 9.47 Å². The van der Waals surface area contributed by atoms with Crippen molar-refractivity contribution in [2.75, 3.05) is 46.3 Å². The van der Waals surface area contributed by atoms with E-state index in [0.717, 1.165) is 42.3 Å². The Morgan fingerprint density at radius 1 is 1.22 bits per heavy atom. The first kappa shape index (κ1) is 14.6. The summed E-state index contributed by atoms with van der Waals surface area (Å²) in [6, 6.07) is 4.03. The molecule has 0 unspecified atom stereocenters. The predicted molar refractivity (Wildman–Crippen MR) is 76.1 cm³/mol.